The molecule has 5 rings (SSSR count). The Hall–Kier alpha value is -3.74. The van der Waals surface area contributed by atoms with Crippen molar-refractivity contribution in [1.82, 2.24) is 19.0 Å². The van der Waals surface area contributed by atoms with E-state index < -0.39 is 6.10 Å². The van der Waals surface area contributed by atoms with E-state index in [4.69, 9.17) is 10.00 Å². The SMILES string of the molecule is Cc1cc(-n2cc(CN3CC[C@@H](O)[C@H](c4ccc5c(c4C)COC5=O)C3)n(C)c2=O)ncc1C#N. The molecule has 1 aromatic carbocycles. The number of cyclic esters (lactones) is 1. The van der Waals surface area contributed by atoms with Gasteiger partial charge in [-0.05, 0) is 49.1 Å². The lowest BCUT2D eigenvalue weighted by Gasteiger charge is -2.37. The Bertz CT molecular complexity index is 1430. The first-order valence-electron chi connectivity index (χ1n) is 11.6. The number of aromatic nitrogens is 3. The second kappa shape index (κ2) is 8.80. The molecule has 1 saturated heterocycles. The fourth-order valence-corrected chi connectivity index (χ4v) is 5.13. The summed E-state index contributed by atoms with van der Waals surface area (Å²) in [4.78, 5) is 31.4. The van der Waals surface area contributed by atoms with E-state index in [1.165, 1.54) is 10.8 Å². The number of ether oxygens (including phenoxy) is 1. The Balaban J connectivity index is 1.40. The fraction of sp³-hybridized carbons (Fsp3) is 0.385. The number of nitriles is 1. The number of aliphatic hydroxyl groups is 1. The summed E-state index contributed by atoms with van der Waals surface area (Å²) in [5, 5.41) is 20.0. The molecule has 0 spiro atoms. The van der Waals surface area contributed by atoms with Crippen LogP contribution in [0.4, 0.5) is 0 Å². The predicted molar refractivity (Wildman–Crippen MR) is 127 cm³/mol. The van der Waals surface area contributed by atoms with E-state index in [0.29, 0.717) is 43.0 Å². The van der Waals surface area contributed by atoms with Crippen LogP contribution in [0.1, 0.15) is 56.2 Å². The van der Waals surface area contributed by atoms with E-state index in [1.807, 2.05) is 19.9 Å². The number of likely N-dealkylation sites (tertiary alicyclic amines) is 1. The average Bonchev–Trinajstić information content (AvgIpc) is 3.36. The van der Waals surface area contributed by atoms with Crippen LogP contribution in [-0.4, -0.2) is 49.3 Å². The van der Waals surface area contributed by atoms with Gasteiger partial charge in [-0.1, -0.05) is 6.07 Å². The van der Waals surface area contributed by atoms with Crippen LogP contribution in [0, 0.1) is 25.2 Å². The smallest absolute Gasteiger partial charge is 0.338 e. The zero-order valence-corrected chi connectivity index (χ0v) is 20.0. The van der Waals surface area contributed by atoms with Crippen molar-refractivity contribution in [3.63, 3.8) is 0 Å². The van der Waals surface area contributed by atoms with E-state index in [9.17, 15) is 14.7 Å². The van der Waals surface area contributed by atoms with Crippen molar-refractivity contribution >= 4 is 5.97 Å². The summed E-state index contributed by atoms with van der Waals surface area (Å²) in [6.07, 6.45) is 3.40. The van der Waals surface area contributed by atoms with E-state index >= 15 is 0 Å². The number of carbonyl (C=O) groups excluding carboxylic acids is 1. The Morgan fingerprint density at radius 2 is 2.09 bits per heavy atom. The van der Waals surface area contributed by atoms with Gasteiger partial charge in [0.1, 0.15) is 18.5 Å². The van der Waals surface area contributed by atoms with Crippen molar-refractivity contribution in [3.8, 4) is 11.9 Å². The number of benzene rings is 1. The zero-order valence-electron chi connectivity index (χ0n) is 20.0. The minimum Gasteiger partial charge on any atom is -0.457 e. The number of pyridine rings is 1. The zero-order chi connectivity index (χ0) is 24.9. The van der Waals surface area contributed by atoms with Gasteiger partial charge in [-0.2, -0.15) is 5.26 Å². The van der Waals surface area contributed by atoms with Crippen molar-refractivity contribution in [2.24, 2.45) is 7.05 Å². The van der Waals surface area contributed by atoms with Gasteiger partial charge in [0.25, 0.3) is 0 Å². The topological polar surface area (TPSA) is 113 Å². The number of esters is 1. The van der Waals surface area contributed by atoms with Gasteiger partial charge in [-0.15, -0.1) is 0 Å². The number of nitrogens with zero attached hydrogens (tertiary/aromatic N) is 5. The molecular formula is C26H27N5O4. The maximum absolute atomic E-state index is 12.9. The van der Waals surface area contributed by atoms with Crippen LogP contribution in [0.2, 0.25) is 0 Å². The highest BCUT2D eigenvalue weighted by molar-refractivity contribution is 5.94. The van der Waals surface area contributed by atoms with E-state index in [2.05, 4.69) is 16.0 Å². The summed E-state index contributed by atoms with van der Waals surface area (Å²) in [5.41, 5.74) is 5.41. The second-order valence-electron chi connectivity index (χ2n) is 9.38. The minimum atomic E-state index is -0.486. The molecule has 0 radical (unpaired) electrons. The lowest BCUT2D eigenvalue weighted by atomic mass is 9.83. The number of carbonyl (C=O) groups is 1. The quantitative estimate of drug-likeness (QED) is 0.577. The van der Waals surface area contributed by atoms with E-state index in [0.717, 1.165) is 27.9 Å². The van der Waals surface area contributed by atoms with Gasteiger partial charge in [0.05, 0.1) is 22.9 Å². The van der Waals surface area contributed by atoms with Gasteiger partial charge in [-0.25, -0.2) is 14.6 Å². The third kappa shape index (κ3) is 3.95. The lowest BCUT2D eigenvalue weighted by molar-refractivity contribution is 0.0531. The highest BCUT2D eigenvalue weighted by atomic mass is 16.5. The molecule has 2 aliphatic heterocycles. The molecule has 2 atom stereocenters. The first-order chi connectivity index (χ1) is 16.8. The fourth-order valence-electron chi connectivity index (χ4n) is 5.13. The molecule has 180 valence electrons. The third-order valence-electron chi connectivity index (χ3n) is 7.32. The molecule has 0 aliphatic carbocycles. The molecule has 35 heavy (non-hydrogen) atoms. The number of aryl methyl sites for hydroxylation is 1. The molecule has 2 aliphatic rings. The number of imidazole rings is 1. The molecule has 1 fully saturated rings. The van der Waals surface area contributed by atoms with Gasteiger partial charge in [-0.3, -0.25) is 14.0 Å². The molecule has 0 unspecified atom stereocenters. The van der Waals surface area contributed by atoms with Crippen LogP contribution < -0.4 is 5.69 Å². The van der Waals surface area contributed by atoms with Crippen molar-refractivity contribution in [1.29, 1.82) is 5.26 Å². The van der Waals surface area contributed by atoms with Gasteiger partial charge in [0, 0.05) is 50.6 Å². The summed E-state index contributed by atoms with van der Waals surface area (Å²) in [6, 6.07) is 7.57. The van der Waals surface area contributed by atoms with Crippen LogP contribution in [-0.2, 0) is 24.9 Å². The van der Waals surface area contributed by atoms with Crippen molar-refractivity contribution in [3.05, 3.63) is 80.2 Å². The summed E-state index contributed by atoms with van der Waals surface area (Å²) >= 11 is 0. The number of hydrogen-bond acceptors (Lipinski definition) is 7. The Morgan fingerprint density at radius 3 is 2.83 bits per heavy atom. The van der Waals surface area contributed by atoms with Crippen molar-refractivity contribution in [2.45, 2.75) is 45.4 Å². The highest BCUT2D eigenvalue weighted by Gasteiger charge is 2.33. The molecule has 9 nitrogen and oxygen atoms in total. The largest absolute Gasteiger partial charge is 0.457 e. The monoisotopic (exact) mass is 473 g/mol. The second-order valence-corrected chi connectivity index (χ2v) is 9.38. The Labute approximate surface area is 202 Å². The summed E-state index contributed by atoms with van der Waals surface area (Å²) in [5.74, 6) is 0.0791. The van der Waals surface area contributed by atoms with Crippen molar-refractivity contribution in [2.75, 3.05) is 13.1 Å². The van der Waals surface area contributed by atoms with E-state index in [-0.39, 0.29) is 24.2 Å². The van der Waals surface area contributed by atoms with Gasteiger partial charge in [0.15, 0.2) is 0 Å². The first kappa shape index (κ1) is 23.0. The maximum Gasteiger partial charge on any atom is 0.338 e. The minimum absolute atomic E-state index is 0.105. The first-order valence-corrected chi connectivity index (χ1v) is 11.6. The lowest BCUT2D eigenvalue weighted by Crippen LogP contribution is -2.42. The molecule has 0 bridgehead atoms. The van der Waals surface area contributed by atoms with Crippen LogP contribution in [0.15, 0.2) is 35.4 Å². The molecule has 9 heteroatoms. The molecule has 4 heterocycles. The van der Waals surface area contributed by atoms with Gasteiger partial charge in [0.2, 0.25) is 0 Å². The summed E-state index contributed by atoms with van der Waals surface area (Å²) in [6.45, 7) is 5.96. The van der Waals surface area contributed by atoms with Gasteiger partial charge >= 0.3 is 11.7 Å². The third-order valence-corrected chi connectivity index (χ3v) is 7.32. The van der Waals surface area contributed by atoms with Crippen LogP contribution in [0.3, 0.4) is 0 Å². The summed E-state index contributed by atoms with van der Waals surface area (Å²) in [7, 11) is 1.74. The van der Waals surface area contributed by atoms with Crippen LogP contribution in [0.5, 0.6) is 0 Å². The molecular weight excluding hydrogens is 446 g/mol. The number of rotatable bonds is 4. The maximum atomic E-state index is 12.9. The molecule has 3 aromatic rings. The summed E-state index contributed by atoms with van der Waals surface area (Å²) < 4.78 is 8.30. The highest BCUT2D eigenvalue weighted by Crippen LogP contribution is 2.34. The number of hydrogen-bond donors (Lipinski definition) is 1. The number of piperidine rings is 1. The van der Waals surface area contributed by atoms with Crippen molar-refractivity contribution < 1.29 is 14.6 Å². The van der Waals surface area contributed by atoms with E-state index in [1.54, 1.807) is 29.9 Å². The average molecular weight is 474 g/mol. The molecule has 0 amide bonds. The normalized spacial score (nSPS) is 19.9. The molecule has 2 aromatic heterocycles. The standard InChI is InChI=1S/C26H27N5O4/c1-15-8-24(28-10-17(15)9-27)31-12-18(29(3)26(31)34)11-30-7-6-23(32)21(13-30)19-4-5-20-22(16(19)2)14-35-25(20)33/h4-5,8,10,12,21,23,32H,6-7,11,13-14H2,1-3H3/t21-,23+/m0/s1. The predicted octanol–water partition coefficient (Wildman–Crippen LogP) is 2.08. The van der Waals surface area contributed by atoms with Crippen LogP contribution in [0.25, 0.3) is 5.82 Å². The number of aliphatic hydroxyl groups excluding tert-OH is 1. The number of fused-ring (bicyclic) bond motifs is 1. The molecule has 0 saturated carbocycles. The molecule has 1 N–H and O–H groups in total. The Kier molecular flexibility index (Phi) is 5.79. The van der Waals surface area contributed by atoms with Crippen LogP contribution >= 0.6 is 0 Å². The van der Waals surface area contributed by atoms with Gasteiger partial charge < -0.3 is 9.84 Å². The Morgan fingerprint density at radius 1 is 1.29 bits per heavy atom.